The van der Waals surface area contributed by atoms with Gasteiger partial charge in [-0.3, -0.25) is 9.59 Å². The van der Waals surface area contributed by atoms with Crippen molar-refractivity contribution in [2.75, 3.05) is 11.9 Å². The predicted molar refractivity (Wildman–Crippen MR) is 111 cm³/mol. The van der Waals surface area contributed by atoms with Crippen LogP contribution in [0.25, 0.3) is 0 Å². The lowest BCUT2D eigenvalue weighted by atomic mass is 10.2. The Hall–Kier alpha value is -4.42. The third-order valence-electron chi connectivity index (χ3n) is 4.65. The molecule has 4 rings (SSSR count). The number of anilines is 1. The number of benzene rings is 1. The number of nitrogens with two attached hydrogens (primary N) is 1. The van der Waals surface area contributed by atoms with Crippen LogP contribution in [0.5, 0.6) is 23.4 Å². The zero-order chi connectivity index (χ0) is 24.3. The molecule has 1 aromatic carbocycles. The highest BCUT2D eigenvalue weighted by Crippen LogP contribution is 2.30. The van der Waals surface area contributed by atoms with E-state index in [0.717, 1.165) is 12.1 Å². The van der Waals surface area contributed by atoms with E-state index in [9.17, 15) is 22.8 Å². The zero-order valence-corrected chi connectivity index (χ0v) is 17.3. The molecule has 176 valence electrons. The summed E-state index contributed by atoms with van der Waals surface area (Å²) in [6, 6.07) is 8.57. The van der Waals surface area contributed by atoms with Crippen LogP contribution in [0.1, 0.15) is 22.5 Å². The first kappa shape index (κ1) is 22.8. The number of hydrogen-bond acceptors (Lipinski definition) is 8. The Balaban J connectivity index is 1.46. The third-order valence-corrected chi connectivity index (χ3v) is 4.65. The maximum Gasteiger partial charge on any atom is 0.417 e. The molecule has 1 fully saturated rings. The molecule has 0 bridgehead atoms. The van der Waals surface area contributed by atoms with Crippen molar-refractivity contribution in [3.8, 4) is 23.4 Å². The first-order valence-corrected chi connectivity index (χ1v) is 9.89. The quantitative estimate of drug-likeness (QED) is 0.475. The molecule has 0 unspecified atom stereocenters. The topological polar surface area (TPSA) is 141 Å². The number of amides is 2. The smallest absolute Gasteiger partial charge is 0.417 e. The van der Waals surface area contributed by atoms with Crippen molar-refractivity contribution in [2.45, 2.75) is 18.6 Å². The van der Waals surface area contributed by atoms with Crippen LogP contribution < -0.4 is 25.8 Å². The van der Waals surface area contributed by atoms with Crippen molar-refractivity contribution < 1.29 is 32.2 Å². The molecule has 1 atom stereocenters. The van der Waals surface area contributed by atoms with Gasteiger partial charge in [-0.15, -0.1) is 0 Å². The Morgan fingerprint density at radius 2 is 1.79 bits per heavy atom. The van der Waals surface area contributed by atoms with Crippen molar-refractivity contribution in [3.05, 3.63) is 59.9 Å². The fraction of sp³-hybridized carbons (Fsp3) is 0.190. The summed E-state index contributed by atoms with van der Waals surface area (Å²) >= 11 is 0. The molecule has 0 aliphatic carbocycles. The molecule has 2 amide bonds. The molecular formula is C21H17F3N6O4. The Morgan fingerprint density at radius 3 is 2.35 bits per heavy atom. The maximum atomic E-state index is 12.6. The Labute approximate surface area is 190 Å². The van der Waals surface area contributed by atoms with Crippen LogP contribution in [0.15, 0.2) is 48.7 Å². The number of pyridine rings is 1. The minimum absolute atomic E-state index is 0.0224. The molecule has 1 aliphatic rings. The van der Waals surface area contributed by atoms with Crippen LogP contribution in [0, 0.1) is 0 Å². The van der Waals surface area contributed by atoms with Crippen molar-refractivity contribution in [1.29, 1.82) is 0 Å². The van der Waals surface area contributed by atoms with Crippen LogP contribution in [0.4, 0.5) is 19.0 Å². The molecular weight excluding hydrogens is 457 g/mol. The number of ether oxygens (including phenoxy) is 2. The van der Waals surface area contributed by atoms with Gasteiger partial charge in [-0.25, -0.2) is 4.98 Å². The van der Waals surface area contributed by atoms with Crippen LogP contribution in [0.2, 0.25) is 0 Å². The van der Waals surface area contributed by atoms with Gasteiger partial charge in [0.2, 0.25) is 11.8 Å². The number of primary amides is 1. The molecule has 0 spiro atoms. The van der Waals surface area contributed by atoms with Gasteiger partial charge in [0, 0.05) is 24.9 Å². The SMILES string of the molecule is NC(=O)c1cc(N[C@H]2CCNC2=O)nc(Oc2ccc(Oc3ccc(C(F)(F)F)cn3)cc2)n1. The van der Waals surface area contributed by atoms with Gasteiger partial charge in [0.05, 0.1) is 5.56 Å². The lowest BCUT2D eigenvalue weighted by Crippen LogP contribution is -2.30. The molecule has 1 saturated heterocycles. The van der Waals surface area contributed by atoms with Gasteiger partial charge in [0.15, 0.2) is 0 Å². The third kappa shape index (κ3) is 5.49. The molecule has 34 heavy (non-hydrogen) atoms. The Bertz CT molecular complexity index is 1200. The number of alkyl halides is 3. The second-order valence-corrected chi connectivity index (χ2v) is 7.12. The fourth-order valence-corrected chi connectivity index (χ4v) is 2.99. The van der Waals surface area contributed by atoms with E-state index in [1.165, 1.54) is 30.3 Å². The van der Waals surface area contributed by atoms with Crippen LogP contribution >= 0.6 is 0 Å². The van der Waals surface area contributed by atoms with E-state index >= 15 is 0 Å². The predicted octanol–water partition coefficient (Wildman–Crippen LogP) is 2.87. The average Bonchev–Trinajstić information content (AvgIpc) is 3.19. The monoisotopic (exact) mass is 474 g/mol. The molecule has 3 heterocycles. The summed E-state index contributed by atoms with van der Waals surface area (Å²) in [6.07, 6.45) is -3.27. The number of aromatic nitrogens is 3. The maximum absolute atomic E-state index is 12.6. The normalized spacial score (nSPS) is 15.5. The molecule has 2 aromatic heterocycles. The number of nitrogens with one attached hydrogen (secondary N) is 2. The highest BCUT2D eigenvalue weighted by atomic mass is 19.4. The van der Waals surface area contributed by atoms with Gasteiger partial charge in [-0.2, -0.15) is 23.1 Å². The molecule has 0 saturated carbocycles. The Morgan fingerprint density at radius 1 is 1.09 bits per heavy atom. The standard InChI is InChI=1S/C21H17F3N6O4/c22-21(23,24)11-1-6-17(27-10-11)33-12-2-4-13(5-3-12)34-20-29-15(18(25)31)9-16(30-20)28-14-7-8-26-19(14)32/h1-6,9-10,14H,7-8H2,(H2,25,31)(H,26,32)(H,28,29,30)/t14-/m0/s1. The van der Waals surface area contributed by atoms with E-state index in [1.54, 1.807) is 0 Å². The van der Waals surface area contributed by atoms with Gasteiger partial charge >= 0.3 is 12.2 Å². The van der Waals surface area contributed by atoms with Gasteiger partial charge in [0.25, 0.3) is 5.91 Å². The molecule has 1 aliphatic heterocycles. The van der Waals surface area contributed by atoms with E-state index in [1.807, 2.05) is 0 Å². The van der Waals surface area contributed by atoms with Gasteiger partial charge in [0.1, 0.15) is 29.1 Å². The Kier molecular flexibility index (Phi) is 6.17. The lowest BCUT2D eigenvalue weighted by molar-refractivity contribution is -0.137. The van der Waals surface area contributed by atoms with Crippen molar-refractivity contribution in [3.63, 3.8) is 0 Å². The van der Waals surface area contributed by atoms with Crippen LogP contribution in [-0.2, 0) is 11.0 Å². The molecule has 13 heteroatoms. The average molecular weight is 474 g/mol. The number of nitrogens with zero attached hydrogens (tertiary/aromatic N) is 3. The van der Waals surface area contributed by atoms with Crippen LogP contribution in [0.3, 0.4) is 0 Å². The number of halogens is 3. The van der Waals surface area contributed by atoms with E-state index in [-0.39, 0.29) is 35.1 Å². The van der Waals surface area contributed by atoms with Gasteiger partial charge < -0.3 is 25.8 Å². The molecule has 4 N–H and O–H groups in total. The van der Waals surface area contributed by atoms with Gasteiger partial charge in [-0.1, -0.05) is 0 Å². The van der Waals surface area contributed by atoms with Crippen LogP contribution in [-0.4, -0.2) is 39.4 Å². The fourth-order valence-electron chi connectivity index (χ4n) is 2.99. The summed E-state index contributed by atoms with van der Waals surface area (Å²) in [5.41, 5.74) is 4.33. The van der Waals surface area contributed by atoms with Crippen molar-refractivity contribution in [2.24, 2.45) is 5.73 Å². The highest BCUT2D eigenvalue weighted by Gasteiger charge is 2.30. The molecule has 0 radical (unpaired) electrons. The van der Waals surface area contributed by atoms with Crippen molar-refractivity contribution >= 4 is 17.6 Å². The van der Waals surface area contributed by atoms with E-state index < -0.39 is 23.7 Å². The minimum atomic E-state index is -4.49. The van der Waals surface area contributed by atoms with E-state index in [2.05, 4.69) is 25.6 Å². The molecule has 10 nitrogen and oxygen atoms in total. The van der Waals surface area contributed by atoms with Crippen molar-refractivity contribution in [1.82, 2.24) is 20.3 Å². The summed E-state index contributed by atoms with van der Waals surface area (Å²) < 4.78 is 48.9. The number of carbonyl (C=O) groups is 2. The van der Waals surface area contributed by atoms with E-state index in [4.69, 9.17) is 15.2 Å². The second kappa shape index (κ2) is 9.21. The largest absolute Gasteiger partial charge is 0.439 e. The summed E-state index contributed by atoms with van der Waals surface area (Å²) in [6.45, 7) is 0.518. The van der Waals surface area contributed by atoms with Gasteiger partial charge in [-0.05, 0) is 36.8 Å². The number of carbonyl (C=O) groups excluding carboxylic acids is 2. The first-order chi connectivity index (χ1) is 16.2. The summed E-state index contributed by atoms with van der Waals surface area (Å²) in [7, 11) is 0. The lowest BCUT2D eigenvalue weighted by Gasteiger charge is -2.13. The summed E-state index contributed by atoms with van der Waals surface area (Å²) in [4.78, 5) is 35.2. The second-order valence-electron chi connectivity index (χ2n) is 7.12. The van der Waals surface area contributed by atoms with E-state index in [0.29, 0.717) is 24.9 Å². The first-order valence-electron chi connectivity index (χ1n) is 9.89. The summed E-state index contributed by atoms with van der Waals surface area (Å²) in [5.74, 6) is -0.265. The minimum Gasteiger partial charge on any atom is -0.439 e. The number of hydrogen-bond donors (Lipinski definition) is 3. The molecule has 3 aromatic rings. The summed E-state index contributed by atoms with van der Waals surface area (Å²) in [5, 5.41) is 5.59. The zero-order valence-electron chi connectivity index (χ0n) is 17.3. The highest BCUT2D eigenvalue weighted by molar-refractivity contribution is 5.92. The number of rotatable bonds is 7.